The number of hydrogen-bond donors (Lipinski definition) is 0. The fraction of sp³-hybridized carbons (Fsp3) is 0.120. The van der Waals surface area contributed by atoms with Gasteiger partial charge in [0.25, 0.3) is 11.1 Å². The van der Waals surface area contributed by atoms with Crippen LogP contribution >= 0.6 is 39.3 Å². The Labute approximate surface area is 217 Å². The third-order valence-electron chi connectivity index (χ3n) is 5.07. The Kier molecular flexibility index (Phi) is 7.78. The molecule has 0 aromatic heterocycles. The molecule has 0 spiro atoms. The van der Waals surface area contributed by atoms with Crippen molar-refractivity contribution in [1.82, 2.24) is 4.90 Å². The maximum Gasteiger partial charge on any atom is 0.293 e. The number of rotatable bonds is 7. The highest BCUT2D eigenvalue weighted by Gasteiger charge is 2.36. The molecule has 5 nitrogen and oxygen atoms in total. The first kappa shape index (κ1) is 25.2. The van der Waals surface area contributed by atoms with E-state index in [1.807, 2.05) is 0 Å². The Balaban J connectivity index is 1.55. The second-order valence-corrected chi connectivity index (χ2v) is 9.68. The number of thioether (sulfide) groups is 1. The Morgan fingerprint density at radius 3 is 2.60 bits per heavy atom. The van der Waals surface area contributed by atoms with Gasteiger partial charge in [-0.15, -0.1) is 0 Å². The van der Waals surface area contributed by atoms with Crippen LogP contribution in [0.4, 0.5) is 13.6 Å². The average molecular weight is 581 g/mol. The molecule has 0 unspecified atom stereocenters. The van der Waals surface area contributed by atoms with E-state index in [1.165, 1.54) is 43.5 Å². The molecule has 1 heterocycles. The zero-order valence-corrected chi connectivity index (χ0v) is 21.3. The molecule has 4 rings (SSSR count). The van der Waals surface area contributed by atoms with Crippen molar-refractivity contribution in [3.63, 3.8) is 0 Å². The lowest BCUT2D eigenvalue weighted by Crippen LogP contribution is -2.28. The zero-order chi connectivity index (χ0) is 25.1. The highest BCUT2D eigenvalue weighted by Crippen LogP contribution is 2.40. The van der Waals surface area contributed by atoms with Gasteiger partial charge in [-0.2, -0.15) is 0 Å². The van der Waals surface area contributed by atoms with E-state index in [0.29, 0.717) is 27.1 Å². The summed E-state index contributed by atoms with van der Waals surface area (Å²) in [5, 5.41) is -0.392. The number of carbonyl (C=O) groups excluding carboxylic acids is 2. The molecule has 1 fully saturated rings. The maximum atomic E-state index is 14.2. The summed E-state index contributed by atoms with van der Waals surface area (Å²) >= 11 is 10.2. The molecule has 0 radical (unpaired) electrons. The van der Waals surface area contributed by atoms with Crippen molar-refractivity contribution in [2.75, 3.05) is 7.11 Å². The van der Waals surface area contributed by atoms with E-state index in [1.54, 1.807) is 24.3 Å². The third-order valence-corrected chi connectivity index (χ3v) is 6.92. The monoisotopic (exact) mass is 579 g/mol. The van der Waals surface area contributed by atoms with Crippen LogP contribution in [0.15, 0.2) is 64.0 Å². The van der Waals surface area contributed by atoms with Crippen LogP contribution in [0.1, 0.15) is 16.7 Å². The van der Waals surface area contributed by atoms with E-state index >= 15 is 0 Å². The van der Waals surface area contributed by atoms with Gasteiger partial charge in [0.05, 0.1) is 23.0 Å². The van der Waals surface area contributed by atoms with Gasteiger partial charge in [-0.25, -0.2) is 8.78 Å². The first-order valence-corrected chi connectivity index (χ1v) is 12.2. The molecule has 1 aliphatic rings. The Morgan fingerprint density at radius 1 is 1.11 bits per heavy atom. The van der Waals surface area contributed by atoms with Crippen LogP contribution in [0, 0.1) is 11.6 Å². The molecule has 0 saturated carbocycles. The van der Waals surface area contributed by atoms with Gasteiger partial charge in [0.1, 0.15) is 18.2 Å². The Bertz CT molecular complexity index is 1330. The number of halogens is 4. The molecule has 0 bridgehead atoms. The van der Waals surface area contributed by atoms with Gasteiger partial charge < -0.3 is 9.47 Å². The lowest BCUT2D eigenvalue weighted by Gasteiger charge is -2.14. The summed E-state index contributed by atoms with van der Waals surface area (Å²) in [4.78, 5) is 26.5. The minimum Gasteiger partial charge on any atom is -0.493 e. The molecular weight excluding hydrogens is 564 g/mol. The molecule has 3 aromatic carbocycles. The molecule has 180 valence electrons. The third kappa shape index (κ3) is 5.69. The normalized spacial score (nSPS) is 14.7. The van der Waals surface area contributed by atoms with Crippen molar-refractivity contribution >= 4 is 56.5 Å². The number of amides is 2. The van der Waals surface area contributed by atoms with Crippen LogP contribution in [0.3, 0.4) is 0 Å². The molecule has 0 atom stereocenters. The summed E-state index contributed by atoms with van der Waals surface area (Å²) in [6, 6.07) is 13.6. The quantitative estimate of drug-likeness (QED) is 0.277. The number of imide groups is 1. The largest absolute Gasteiger partial charge is 0.493 e. The molecule has 1 saturated heterocycles. The second-order valence-electron chi connectivity index (χ2n) is 7.42. The van der Waals surface area contributed by atoms with E-state index in [2.05, 4.69) is 15.9 Å². The van der Waals surface area contributed by atoms with E-state index in [-0.39, 0.29) is 34.5 Å². The minimum atomic E-state index is -0.594. The van der Waals surface area contributed by atoms with E-state index < -0.39 is 17.0 Å². The average Bonchev–Trinajstić information content (AvgIpc) is 3.07. The molecule has 0 aliphatic carbocycles. The molecule has 35 heavy (non-hydrogen) atoms. The molecular formula is C25H17BrClF2NO4S. The van der Waals surface area contributed by atoms with Crippen LogP contribution in [0.25, 0.3) is 6.08 Å². The van der Waals surface area contributed by atoms with Gasteiger partial charge in [0.15, 0.2) is 11.5 Å². The van der Waals surface area contributed by atoms with Crippen LogP contribution in [-0.4, -0.2) is 23.2 Å². The van der Waals surface area contributed by atoms with Crippen molar-refractivity contribution in [3.8, 4) is 11.5 Å². The summed E-state index contributed by atoms with van der Waals surface area (Å²) in [6.07, 6.45) is 1.54. The van der Waals surface area contributed by atoms with Gasteiger partial charge >= 0.3 is 0 Å². The molecule has 1 aliphatic heterocycles. The summed E-state index contributed by atoms with van der Waals surface area (Å²) < 4.78 is 39.4. The highest BCUT2D eigenvalue weighted by molar-refractivity contribution is 9.10. The summed E-state index contributed by atoms with van der Waals surface area (Å²) in [5.41, 5.74) is 1.29. The lowest BCUT2D eigenvalue weighted by molar-refractivity contribution is -0.123. The van der Waals surface area contributed by atoms with Crippen LogP contribution in [0.5, 0.6) is 11.5 Å². The molecule has 3 aromatic rings. The topological polar surface area (TPSA) is 55.8 Å². The van der Waals surface area contributed by atoms with Gasteiger partial charge in [-0.05, 0) is 81.3 Å². The second kappa shape index (κ2) is 10.8. The standard InChI is InChI=1S/C25H17BrClF2NO4S/c1-33-21-10-15(9-18(26)23(21)34-13-14-4-2-5-16(28)8-14)11-22-24(31)30(25(32)35-22)12-17-19(27)6-3-7-20(17)29/h2-11H,12-13H2,1H3/b22-11-. The number of methoxy groups -OCH3 is 1. The number of benzene rings is 3. The first-order chi connectivity index (χ1) is 16.8. The predicted octanol–water partition coefficient (Wildman–Crippen LogP) is 7.20. The number of hydrogen-bond acceptors (Lipinski definition) is 5. The highest BCUT2D eigenvalue weighted by atomic mass is 79.9. The fourth-order valence-corrected chi connectivity index (χ4v) is 5.01. The summed E-state index contributed by atoms with van der Waals surface area (Å²) in [6.45, 7) is -0.156. The summed E-state index contributed by atoms with van der Waals surface area (Å²) in [5.74, 6) is -0.738. The van der Waals surface area contributed by atoms with E-state index in [9.17, 15) is 18.4 Å². The van der Waals surface area contributed by atoms with Crippen molar-refractivity contribution in [2.45, 2.75) is 13.2 Å². The lowest BCUT2D eigenvalue weighted by atomic mass is 10.1. The number of nitrogens with zero attached hydrogens (tertiary/aromatic N) is 1. The Hall–Kier alpha value is -2.88. The van der Waals surface area contributed by atoms with Crippen molar-refractivity contribution in [1.29, 1.82) is 0 Å². The van der Waals surface area contributed by atoms with E-state index in [4.69, 9.17) is 21.1 Å². The van der Waals surface area contributed by atoms with Crippen LogP contribution in [-0.2, 0) is 17.9 Å². The zero-order valence-electron chi connectivity index (χ0n) is 18.2. The van der Waals surface area contributed by atoms with E-state index in [0.717, 1.165) is 16.7 Å². The van der Waals surface area contributed by atoms with Gasteiger partial charge in [0, 0.05) is 10.6 Å². The number of carbonyl (C=O) groups is 2. The Morgan fingerprint density at radius 2 is 1.89 bits per heavy atom. The van der Waals surface area contributed by atoms with Gasteiger partial charge in [-0.3, -0.25) is 14.5 Å². The van der Waals surface area contributed by atoms with Crippen LogP contribution < -0.4 is 9.47 Å². The minimum absolute atomic E-state index is 0.0712. The molecule has 2 amide bonds. The summed E-state index contributed by atoms with van der Waals surface area (Å²) in [7, 11) is 1.46. The molecule has 0 N–H and O–H groups in total. The van der Waals surface area contributed by atoms with Crippen molar-refractivity contribution in [2.24, 2.45) is 0 Å². The SMILES string of the molecule is COc1cc(/C=C2\SC(=O)N(Cc3c(F)cccc3Cl)C2=O)cc(Br)c1OCc1cccc(F)c1. The predicted molar refractivity (Wildman–Crippen MR) is 134 cm³/mol. The number of ether oxygens (including phenoxy) is 2. The first-order valence-electron chi connectivity index (χ1n) is 10.2. The van der Waals surface area contributed by atoms with Crippen LogP contribution in [0.2, 0.25) is 5.02 Å². The smallest absolute Gasteiger partial charge is 0.293 e. The maximum absolute atomic E-state index is 14.2. The fourth-order valence-electron chi connectivity index (χ4n) is 3.37. The van der Waals surface area contributed by atoms with Crippen molar-refractivity contribution < 1.29 is 27.8 Å². The van der Waals surface area contributed by atoms with Gasteiger partial charge in [0.2, 0.25) is 0 Å². The molecule has 10 heteroatoms. The van der Waals surface area contributed by atoms with Crippen molar-refractivity contribution in [3.05, 3.63) is 97.3 Å². The van der Waals surface area contributed by atoms with Gasteiger partial charge in [-0.1, -0.05) is 29.8 Å².